The third-order valence-electron chi connectivity index (χ3n) is 0.947. The SMILES string of the molecule is CC(C)(Cl)c1cnn[se]1. The van der Waals surface area contributed by atoms with Crippen LogP contribution in [0.25, 0.3) is 0 Å². The molecule has 0 N–H and O–H groups in total. The Bertz CT molecular complexity index is 177. The van der Waals surface area contributed by atoms with Crippen molar-refractivity contribution in [3.05, 3.63) is 10.6 Å². The summed E-state index contributed by atoms with van der Waals surface area (Å²) in [4.78, 5) is -0.247. The van der Waals surface area contributed by atoms with E-state index in [1.54, 1.807) is 6.20 Å². The monoisotopic (exact) mass is 210 g/mol. The first kappa shape index (κ1) is 7.26. The van der Waals surface area contributed by atoms with Gasteiger partial charge in [-0.2, -0.15) is 0 Å². The van der Waals surface area contributed by atoms with Crippen LogP contribution in [0, 0.1) is 0 Å². The van der Waals surface area contributed by atoms with E-state index in [2.05, 4.69) is 9.19 Å². The number of hydrogen-bond acceptors (Lipinski definition) is 2. The molecule has 0 saturated heterocycles. The van der Waals surface area contributed by atoms with Crippen molar-refractivity contribution in [3.63, 3.8) is 0 Å². The molecular weight excluding hydrogens is 202 g/mol. The number of rotatable bonds is 1. The average molecular weight is 210 g/mol. The van der Waals surface area contributed by atoms with Crippen LogP contribution in [0.2, 0.25) is 0 Å². The Kier molecular flexibility index (Phi) is 1.94. The van der Waals surface area contributed by atoms with Gasteiger partial charge in [0.2, 0.25) is 0 Å². The second kappa shape index (κ2) is 2.41. The molecule has 0 spiro atoms. The topological polar surface area (TPSA) is 25.8 Å². The van der Waals surface area contributed by atoms with Crippen LogP contribution in [0.15, 0.2) is 6.20 Å². The summed E-state index contributed by atoms with van der Waals surface area (Å²) in [5.74, 6) is 0. The molecular formula is C5H7ClN2Se. The Labute approximate surface area is 65.2 Å². The van der Waals surface area contributed by atoms with Gasteiger partial charge in [0, 0.05) is 0 Å². The van der Waals surface area contributed by atoms with Gasteiger partial charge < -0.3 is 0 Å². The fourth-order valence-corrected chi connectivity index (χ4v) is 1.69. The van der Waals surface area contributed by atoms with Gasteiger partial charge in [-0.15, -0.1) is 0 Å². The summed E-state index contributed by atoms with van der Waals surface area (Å²) in [6.45, 7) is 3.91. The molecule has 9 heavy (non-hydrogen) atoms. The summed E-state index contributed by atoms with van der Waals surface area (Å²) in [5.41, 5.74) is 0. The first-order valence-electron chi connectivity index (χ1n) is 2.57. The maximum absolute atomic E-state index is 5.97. The predicted molar refractivity (Wildman–Crippen MR) is 37.9 cm³/mol. The van der Waals surface area contributed by atoms with Crippen molar-refractivity contribution >= 4 is 26.3 Å². The van der Waals surface area contributed by atoms with Crippen molar-refractivity contribution in [2.24, 2.45) is 0 Å². The first-order valence-corrected chi connectivity index (χ1v) is 4.57. The minimum absolute atomic E-state index is 0.158. The Balaban J connectivity index is 2.90. The zero-order valence-corrected chi connectivity index (χ0v) is 7.73. The van der Waals surface area contributed by atoms with Crippen LogP contribution in [-0.4, -0.2) is 23.9 Å². The summed E-state index contributed by atoms with van der Waals surface area (Å²) < 4.78 is 4.99. The number of hydrogen-bond donors (Lipinski definition) is 0. The molecule has 0 amide bonds. The van der Waals surface area contributed by atoms with Crippen molar-refractivity contribution < 1.29 is 0 Å². The molecule has 0 unspecified atom stereocenters. The van der Waals surface area contributed by atoms with E-state index in [-0.39, 0.29) is 19.6 Å². The average Bonchev–Trinajstić information content (AvgIpc) is 2.08. The van der Waals surface area contributed by atoms with E-state index in [4.69, 9.17) is 11.6 Å². The van der Waals surface area contributed by atoms with Crippen LogP contribution in [0.3, 0.4) is 0 Å². The van der Waals surface area contributed by atoms with Crippen molar-refractivity contribution in [2.75, 3.05) is 0 Å². The maximum atomic E-state index is 5.97. The predicted octanol–water partition coefficient (Wildman–Crippen LogP) is 1.01. The van der Waals surface area contributed by atoms with Gasteiger partial charge in [0.15, 0.2) is 0 Å². The van der Waals surface area contributed by atoms with E-state index in [1.807, 2.05) is 13.8 Å². The van der Waals surface area contributed by atoms with E-state index in [0.29, 0.717) is 0 Å². The Hall–Kier alpha value is 0.149. The molecule has 50 valence electrons. The van der Waals surface area contributed by atoms with Crippen LogP contribution >= 0.6 is 11.6 Å². The standard InChI is InChI=1S/C5H7ClN2Se/c1-5(2,6)4-3-7-8-9-4/h3H,1-2H3. The van der Waals surface area contributed by atoms with Crippen molar-refractivity contribution in [3.8, 4) is 0 Å². The summed E-state index contributed by atoms with van der Waals surface area (Å²) in [7, 11) is 0. The second-order valence-electron chi connectivity index (χ2n) is 2.25. The molecule has 0 aliphatic carbocycles. The second-order valence-corrected chi connectivity index (χ2v) is 4.85. The Morgan fingerprint density at radius 1 is 1.67 bits per heavy atom. The minimum atomic E-state index is -0.247. The van der Waals surface area contributed by atoms with Gasteiger partial charge in [0.05, 0.1) is 0 Å². The molecule has 0 fully saturated rings. The van der Waals surface area contributed by atoms with Gasteiger partial charge in [0.1, 0.15) is 0 Å². The van der Waals surface area contributed by atoms with Gasteiger partial charge >= 0.3 is 64.9 Å². The molecule has 0 atom stereocenters. The summed E-state index contributed by atoms with van der Waals surface area (Å²) in [6.07, 6.45) is 1.76. The van der Waals surface area contributed by atoms with Crippen molar-refractivity contribution in [2.45, 2.75) is 18.7 Å². The van der Waals surface area contributed by atoms with Crippen molar-refractivity contribution in [1.82, 2.24) is 9.19 Å². The fraction of sp³-hybridized carbons (Fsp3) is 0.600. The van der Waals surface area contributed by atoms with Gasteiger partial charge in [-0.1, -0.05) is 0 Å². The van der Waals surface area contributed by atoms with Gasteiger partial charge in [0.25, 0.3) is 0 Å². The normalized spacial score (nSPS) is 11.9. The third kappa shape index (κ3) is 1.78. The summed E-state index contributed by atoms with van der Waals surface area (Å²) >= 11 is 6.12. The summed E-state index contributed by atoms with van der Waals surface area (Å²) in [5, 5.41) is 3.74. The molecule has 0 aliphatic rings. The number of aromatic nitrogens is 2. The molecule has 4 heteroatoms. The van der Waals surface area contributed by atoms with Crippen LogP contribution in [0.5, 0.6) is 0 Å². The molecule has 1 heterocycles. The quantitative estimate of drug-likeness (QED) is 0.510. The molecule has 0 aliphatic heterocycles. The van der Waals surface area contributed by atoms with Gasteiger partial charge in [-0.3, -0.25) is 0 Å². The summed E-state index contributed by atoms with van der Waals surface area (Å²) in [6, 6.07) is 0. The molecule has 0 aromatic carbocycles. The van der Waals surface area contributed by atoms with E-state index >= 15 is 0 Å². The van der Waals surface area contributed by atoms with Crippen LogP contribution in [0.4, 0.5) is 0 Å². The molecule has 1 aromatic rings. The van der Waals surface area contributed by atoms with E-state index in [1.165, 1.54) is 0 Å². The Morgan fingerprint density at radius 3 is 2.56 bits per heavy atom. The van der Waals surface area contributed by atoms with Crippen molar-refractivity contribution in [1.29, 1.82) is 0 Å². The van der Waals surface area contributed by atoms with Crippen LogP contribution in [-0.2, 0) is 4.87 Å². The van der Waals surface area contributed by atoms with Gasteiger partial charge in [-0.25, -0.2) is 0 Å². The first-order chi connectivity index (χ1) is 4.11. The van der Waals surface area contributed by atoms with E-state index < -0.39 is 0 Å². The molecule has 0 bridgehead atoms. The molecule has 1 aromatic heterocycles. The molecule has 0 radical (unpaired) electrons. The molecule has 2 nitrogen and oxygen atoms in total. The van der Waals surface area contributed by atoms with Crippen LogP contribution in [0.1, 0.15) is 18.3 Å². The number of nitrogens with zero attached hydrogens (tertiary/aromatic N) is 2. The number of alkyl halides is 1. The molecule has 0 saturated carbocycles. The van der Waals surface area contributed by atoms with Gasteiger partial charge in [-0.05, 0) is 0 Å². The number of halogens is 1. The Morgan fingerprint density at radius 2 is 2.33 bits per heavy atom. The third-order valence-corrected chi connectivity index (χ3v) is 3.48. The van der Waals surface area contributed by atoms with Crippen LogP contribution < -0.4 is 0 Å². The molecule has 1 rings (SSSR count). The zero-order chi connectivity index (χ0) is 6.91. The zero-order valence-electron chi connectivity index (χ0n) is 5.26. The van der Waals surface area contributed by atoms with E-state index in [9.17, 15) is 0 Å². The van der Waals surface area contributed by atoms with E-state index in [0.717, 1.165) is 4.44 Å². The fourth-order valence-electron chi connectivity index (χ4n) is 0.429.